The van der Waals surface area contributed by atoms with E-state index in [1.165, 1.54) is 28.6 Å². The summed E-state index contributed by atoms with van der Waals surface area (Å²) in [6, 6.07) is 3.98. The van der Waals surface area contributed by atoms with Crippen molar-refractivity contribution in [3.63, 3.8) is 0 Å². The average molecular weight is 420 g/mol. The summed E-state index contributed by atoms with van der Waals surface area (Å²) in [6.07, 6.45) is 4.35. The predicted octanol–water partition coefficient (Wildman–Crippen LogP) is 3.90. The summed E-state index contributed by atoms with van der Waals surface area (Å²) in [5, 5.41) is 6.39. The molecule has 4 rings (SSSR count). The second-order valence-electron chi connectivity index (χ2n) is 6.74. The van der Waals surface area contributed by atoms with Crippen LogP contribution in [0.2, 0.25) is 0 Å². The number of hydrogen-bond acceptors (Lipinski definition) is 6. The van der Waals surface area contributed by atoms with Gasteiger partial charge in [0.05, 0.1) is 17.2 Å². The number of carbonyl (C=O) groups excluding carboxylic acids is 1. The van der Waals surface area contributed by atoms with E-state index < -0.39 is 0 Å². The fourth-order valence-corrected chi connectivity index (χ4v) is 6.24. The van der Waals surface area contributed by atoms with Crippen molar-refractivity contribution < 1.29 is 4.79 Å². The van der Waals surface area contributed by atoms with Crippen LogP contribution in [0.3, 0.4) is 0 Å². The molecule has 8 heteroatoms. The highest BCUT2D eigenvalue weighted by atomic mass is 32.2. The van der Waals surface area contributed by atoms with Crippen LogP contribution >= 0.6 is 34.4 Å². The van der Waals surface area contributed by atoms with Crippen LogP contribution in [0.25, 0.3) is 10.2 Å². The number of fused-ring (bicyclic) bond motifs is 3. The summed E-state index contributed by atoms with van der Waals surface area (Å²) in [7, 11) is 1.75. The fraction of sp³-hybridized carbons (Fsp3) is 0.421. The number of amides is 1. The lowest BCUT2D eigenvalue weighted by atomic mass is 9.97. The van der Waals surface area contributed by atoms with E-state index in [1.54, 1.807) is 34.3 Å². The molecule has 27 heavy (non-hydrogen) atoms. The molecule has 1 aliphatic rings. The van der Waals surface area contributed by atoms with Gasteiger partial charge in [0.2, 0.25) is 5.91 Å². The Morgan fingerprint density at radius 3 is 3.00 bits per heavy atom. The van der Waals surface area contributed by atoms with Gasteiger partial charge < -0.3 is 5.32 Å². The number of nitrogens with zero attached hydrogens (tertiary/aromatic N) is 2. The molecule has 0 spiro atoms. The standard InChI is InChI=1S/C19H21N3O2S3/c1-11(13-8-5-9-25-13)20-15(23)10-26-19-21-17-16(18(24)22(19)2)12-6-3-4-7-14(12)27-17/h5,8-9,11H,3-4,6-7,10H2,1-2H3,(H,20,23)/t11-/m0/s1. The van der Waals surface area contributed by atoms with Gasteiger partial charge in [-0.05, 0) is 49.6 Å². The molecule has 0 saturated heterocycles. The van der Waals surface area contributed by atoms with Crippen LogP contribution < -0.4 is 10.9 Å². The summed E-state index contributed by atoms with van der Waals surface area (Å²) in [5.41, 5.74) is 1.21. The molecule has 0 saturated carbocycles. The van der Waals surface area contributed by atoms with Crippen LogP contribution in [0, 0.1) is 0 Å². The highest BCUT2D eigenvalue weighted by Crippen LogP contribution is 2.34. The fourth-order valence-electron chi connectivity index (χ4n) is 3.42. The van der Waals surface area contributed by atoms with Gasteiger partial charge in [-0.15, -0.1) is 22.7 Å². The van der Waals surface area contributed by atoms with Crippen LogP contribution in [0.15, 0.2) is 27.5 Å². The molecule has 1 atom stereocenters. The van der Waals surface area contributed by atoms with Gasteiger partial charge >= 0.3 is 0 Å². The molecule has 0 fully saturated rings. The third-order valence-corrected chi connectivity index (χ3v) is 8.11. The first-order chi connectivity index (χ1) is 13.0. The van der Waals surface area contributed by atoms with Crippen LogP contribution in [0.4, 0.5) is 0 Å². The van der Waals surface area contributed by atoms with Crippen LogP contribution in [-0.4, -0.2) is 21.2 Å². The zero-order valence-electron chi connectivity index (χ0n) is 15.3. The lowest BCUT2D eigenvalue weighted by Gasteiger charge is -2.13. The SMILES string of the molecule is C[C@H](NC(=O)CSc1nc2sc3c(c2c(=O)n1C)CCCC3)c1cccs1. The Labute approximate surface area is 169 Å². The Morgan fingerprint density at radius 2 is 2.22 bits per heavy atom. The van der Waals surface area contributed by atoms with Gasteiger partial charge in [0.25, 0.3) is 5.56 Å². The third-order valence-electron chi connectivity index (χ3n) is 4.84. The topological polar surface area (TPSA) is 64.0 Å². The Balaban J connectivity index is 1.51. The lowest BCUT2D eigenvalue weighted by Crippen LogP contribution is -2.28. The van der Waals surface area contributed by atoms with Crippen molar-refractivity contribution in [2.45, 2.75) is 43.8 Å². The normalized spacial score (nSPS) is 14.9. The van der Waals surface area contributed by atoms with E-state index in [4.69, 9.17) is 4.98 Å². The first-order valence-electron chi connectivity index (χ1n) is 9.01. The number of rotatable bonds is 5. The Morgan fingerprint density at radius 1 is 1.41 bits per heavy atom. The monoisotopic (exact) mass is 419 g/mol. The van der Waals surface area contributed by atoms with E-state index in [0.29, 0.717) is 5.16 Å². The van der Waals surface area contributed by atoms with E-state index in [1.807, 2.05) is 24.4 Å². The van der Waals surface area contributed by atoms with Gasteiger partial charge in [-0.1, -0.05) is 17.8 Å². The van der Waals surface area contributed by atoms with Gasteiger partial charge in [0.15, 0.2) is 5.16 Å². The molecule has 3 heterocycles. The molecule has 5 nitrogen and oxygen atoms in total. The smallest absolute Gasteiger partial charge is 0.262 e. The highest BCUT2D eigenvalue weighted by Gasteiger charge is 2.21. The number of aromatic nitrogens is 2. The Bertz CT molecular complexity index is 1040. The molecule has 0 unspecified atom stereocenters. The molecule has 142 valence electrons. The van der Waals surface area contributed by atoms with Crippen molar-refractivity contribution in [1.82, 2.24) is 14.9 Å². The van der Waals surface area contributed by atoms with Crippen molar-refractivity contribution in [3.05, 3.63) is 43.2 Å². The molecule has 0 aromatic carbocycles. The predicted molar refractivity (Wildman–Crippen MR) is 113 cm³/mol. The zero-order valence-corrected chi connectivity index (χ0v) is 17.7. The molecule has 1 aliphatic carbocycles. The summed E-state index contributed by atoms with van der Waals surface area (Å²) in [4.78, 5) is 33.1. The maximum Gasteiger partial charge on any atom is 0.262 e. The van der Waals surface area contributed by atoms with Gasteiger partial charge in [-0.25, -0.2) is 4.98 Å². The van der Waals surface area contributed by atoms with Gasteiger partial charge in [0, 0.05) is 16.8 Å². The number of carbonyl (C=O) groups is 1. The highest BCUT2D eigenvalue weighted by molar-refractivity contribution is 7.99. The van der Waals surface area contributed by atoms with E-state index in [9.17, 15) is 9.59 Å². The Hall–Kier alpha value is -1.64. The number of thiophene rings is 2. The van der Waals surface area contributed by atoms with Crippen molar-refractivity contribution >= 4 is 50.6 Å². The summed E-state index contributed by atoms with van der Waals surface area (Å²) in [5.74, 6) is 0.188. The number of nitrogens with one attached hydrogen (secondary N) is 1. The maximum atomic E-state index is 12.9. The Kier molecular flexibility index (Phi) is 5.39. The largest absolute Gasteiger partial charge is 0.348 e. The van der Waals surface area contributed by atoms with E-state index in [2.05, 4.69) is 5.32 Å². The molecule has 0 radical (unpaired) electrons. The minimum Gasteiger partial charge on any atom is -0.348 e. The summed E-state index contributed by atoms with van der Waals surface area (Å²) >= 11 is 4.59. The molecule has 0 aliphatic heterocycles. The molecular formula is C19H21N3O2S3. The van der Waals surface area contributed by atoms with Crippen molar-refractivity contribution in [1.29, 1.82) is 0 Å². The third kappa shape index (κ3) is 3.70. The number of hydrogen-bond donors (Lipinski definition) is 1. The van der Waals surface area contributed by atoms with E-state index in [0.717, 1.165) is 34.4 Å². The first-order valence-corrected chi connectivity index (χ1v) is 11.7. The summed E-state index contributed by atoms with van der Waals surface area (Å²) in [6.45, 7) is 1.98. The quantitative estimate of drug-likeness (QED) is 0.503. The van der Waals surface area contributed by atoms with Crippen molar-refractivity contribution in [2.75, 3.05) is 5.75 Å². The maximum absolute atomic E-state index is 12.9. The average Bonchev–Trinajstić information content (AvgIpc) is 3.31. The van der Waals surface area contributed by atoms with Crippen LogP contribution in [0.5, 0.6) is 0 Å². The van der Waals surface area contributed by atoms with Crippen LogP contribution in [0.1, 0.15) is 41.1 Å². The molecule has 0 bridgehead atoms. The van der Waals surface area contributed by atoms with E-state index >= 15 is 0 Å². The number of aryl methyl sites for hydroxylation is 2. The van der Waals surface area contributed by atoms with Crippen molar-refractivity contribution in [2.24, 2.45) is 7.05 Å². The van der Waals surface area contributed by atoms with Gasteiger partial charge in [-0.2, -0.15) is 0 Å². The number of thioether (sulfide) groups is 1. The first kappa shape index (κ1) is 18.7. The van der Waals surface area contributed by atoms with Gasteiger partial charge in [-0.3, -0.25) is 14.2 Å². The molecule has 3 aromatic rings. The molecule has 1 amide bonds. The van der Waals surface area contributed by atoms with Crippen molar-refractivity contribution in [3.8, 4) is 0 Å². The lowest BCUT2D eigenvalue weighted by molar-refractivity contribution is -0.119. The van der Waals surface area contributed by atoms with Gasteiger partial charge in [0.1, 0.15) is 4.83 Å². The van der Waals surface area contributed by atoms with E-state index in [-0.39, 0.29) is 23.3 Å². The molecular weight excluding hydrogens is 398 g/mol. The zero-order chi connectivity index (χ0) is 19.0. The second-order valence-corrected chi connectivity index (χ2v) is 9.75. The molecule has 1 N–H and O–H groups in total. The second kappa shape index (κ2) is 7.77. The molecule has 3 aromatic heterocycles. The minimum absolute atomic E-state index is 0.00858. The van der Waals surface area contributed by atoms with Crippen LogP contribution in [-0.2, 0) is 24.7 Å². The summed E-state index contributed by atoms with van der Waals surface area (Å²) < 4.78 is 1.59. The minimum atomic E-state index is -0.0549.